The van der Waals surface area contributed by atoms with Crippen molar-refractivity contribution in [2.24, 2.45) is 0 Å². The average Bonchev–Trinajstić information content (AvgIpc) is 2.80. The van der Waals surface area contributed by atoms with E-state index in [1.165, 1.54) is 0 Å². The van der Waals surface area contributed by atoms with E-state index in [9.17, 15) is 4.79 Å². The summed E-state index contributed by atoms with van der Waals surface area (Å²) in [6.07, 6.45) is 5.39. The molecule has 0 fully saturated rings. The number of aliphatic carboxylic acids is 1. The van der Waals surface area contributed by atoms with Crippen LogP contribution in [0.1, 0.15) is 5.56 Å². The molecule has 0 spiro atoms. The fraction of sp³-hybridized carbons (Fsp3) is 0.0714. The summed E-state index contributed by atoms with van der Waals surface area (Å²) in [6.45, 7) is 0. The second kappa shape index (κ2) is 5.05. The van der Waals surface area contributed by atoms with Gasteiger partial charge < -0.3 is 5.11 Å². The van der Waals surface area contributed by atoms with Gasteiger partial charge in [0.15, 0.2) is 5.65 Å². The first-order valence-corrected chi connectivity index (χ1v) is 6.73. The van der Waals surface area contributed by atoms with Crippen molar-refractivity contribution in [1.82, 2.24) is 14.6 Å². The molecule has 1 aromatic carbocycles. The molecule has 3 aromatic rings. The minimum atomic E-state index is -0.831. The van der Waals surface area contributed by atoms with Crippen LogP contribution >= 0.6 is 15.9 Å². The Labute approximate surface area is 123 Å². The molecule has 6 heteroatoms. The molecule has 0 saturated heterocycles. The Morgan fingerprint density at radius 1 is 1.20 bits per heavy atom. The van der Waals surface area contributed by atoms with Gasteiger partial charge >= 0.3 is 5.97 Å². The first-order valence-electron chi connectivity index (χ1n) is 5.93. The van der Waals surface area contributed by atoms with E-state index in [0.717, 1.165) is 26.8 Å². The largest absolute Gasteiger partial charge is 0.481 e. The molecule has 0 unspecified atom stereocenters. The van der Waals surface area contributed by atoms with Crippen LogP contribution in [-0.2, 0) is 11.2 Å². The second-order valence-corrected chi connectivity index (χ2v) is 5.23. The van der Waals surface area contributed by atoms with Gasteiger partial charge in [-0.15, -0.1) is 0 Å². The quantitative estimate of drug-likeness (QED) is 0.801. The summed E-state index contributed by atoms with van der Waals surface area (Å²) in [6, 6.07) is 7.40. The molecule has 20 heavy (non-hydrogen) atoms. The summed E-state index contributed by atoms with van der Waals surface area (Å²) in [5.41, 5.74) is 3.43. The molecule has 0 aliphatic rings. The number of hydrogen-bond acceptors (Lipinski definition) is 3. The van der Waals surface area contributed by atoms with Crippen molar-refractivity contribution in [2.75, 3.05) is 0 Å². The van der Waals surface area contributed by atoms with Crippen LogP contribution in [0.3, 0.4) is 0 Å². The lowest BCUT2D eigenvalue weighted by atomic mass is 10.1. The van der Waals surface area contributed by atoms with Gasteiger partial charge in [0.2, 0.25) is 0 Å². The normalized spacial score (nSPS) is 10.8. The number of benzene rings is 1. The predicted molar refractivity (Wildman–Crippen MR) is 77.5 cm³/mol. The zero-order valence-corrected chi connectivity index (χ0v) is 11.9. The second-order valence-electron chi connectivity index (χ2n) is 4.37. The van der Waals surface area contributed by atoms with Crippen molar-refractivity contribution in [3.8, 4) is 11.1 Å². The maximum Gasteiger partial charge on any atom is 0.307 e. The van der Waals surface area contributed by atoms with Gasteiger partial charge in [-0.3, -0.25) is 4.79 Å². The minimum absolute atomic E-state index is 0.0314. The van der Waals surface area contributed by atoms with E-state index in [4.69, 9.17) is 5.11 Å². The number of aromatic nitrogens is 3. The molecular formula is C14H10BrN3O2. The van der Waals surface area contributed by atoms with E-state index in [0.29, 0.717) is 0 Å². The number of halogens is 1. The maximum absolute atomic E-state index is 10.6. The van der Waals surface area contributed by atoms with Gasteiger partial charge in [-0.05, 0) is 27.1 Å². The van der Waals surface area contributed by atoms with Crippen LogP contribution in [0.4, 0.5) is 0 Å². The number of fused-ring (bicyclic) bond motifs is 1. The third-order valence-electron chi connectivity index (χ3n) is 2.96. The lowest BCUT2D eigenvalue weighted by molar-refractivity contribution is -0.136. The minimum Gasteiger partial charge on any atom is -0.481 e. The monoisotopic (exact) mass is 331 g/mol. The van der Waals surface area contributed by atoms with Gasteiger partial charge in [0.25, 0.3) is 0 Å². The highest BCUT2D eigenvalue weighted by molar-refractivity contribution is 9.10. The summed E-state index contributed by atoms with van der Waals surface area (Å²) in [5.74, 6) is -0.831. The molecule has 3 rings (SSSR count). The third kappa shape index (κ3) is 2.42. The van der Waals surface area contributed by atoms with E-state index in [1.54, 1.807) is 16.9 Å². The maximum atomic E-state index is 10.6. The molecule has 5 nitrogen and oxygen atoms in total. The molecule has 0 atom stereocenters. The van der Waals surface area contributed by atoms with Crippen molar-refractivity contribution >= 4 is 27.5 Å². The highest BCUT2D eigenvalue weighted by atomic mass is 79.9. The van der Waals surface area contributed by atoms with Crippen molar-refractivity contribution in [2.45, 2.75) is 6.42 Å². The smallest absolute Gasteiger partial charge is 0.307 e. The van der Waals surface area contributed by atoms with Crippen LogP contribution in [0.2, 0.25) is 0 Å². The van der Waals surface area contributed by atoms with E-state index < -0.39 is 5.97 Å². The first kappa shape index (κ1) is 12.8. The summed E-state index contributed by atoms with van der Waals surface area (Å²) in [7, 11) is 0. The predicted octanol–water partition coefficient (Wildman–Crippen LogP) is 2.79. The number of rotatable bonds is 3. The first-order chi connectivity index (χ1) is 9.63. The van der Waals surface area contributed by atoms with Gasteiger partial charge in [-0.25, -0.2) is 9.50 Å². The number of carboxylic acid groups (broad SMARTS) is 1. The standard InChI is InChI=1S/C14H10BrN3O2/c15-12-7-17-18-8-11(6-16-14(12)18)10-3-1-9(2-4-10)5-13(19)20/h1-4,6-8H,5H2,(H,19,20). The van der Waals surface area contributed by atoms with Gasteiger partial charge in [-0.1, -0.05) is 24.3 Å². The van der Waals surface area contributed by atoms with Crippen molar-refractivity contribution in [3.63, 3.8) is 0 Å². The van der Waals surface area contributed by atoms with Gasteiger partial charge in [-0.2, -0.15) is 5.10 Å². The highest BCUT2D eigenvalue weighted by Gasteiger charge is 2.06. The topological polar surface area (TPSA) is 67.5 Å². The lowest BCUT2D eigenvalue weighted by Gasteiger charge is -2.03. The molecule has 0 aliphatic carbocycles. The van der Waals surface area contributed by atoms with Crippen molar-refractivity contribution in [1.29, 1.82) is 0 Å². The molecule has 1 N–H and O–H groups in total. The highest BCUT2D eigenvalue weighted by Crippen LogP contribution is 2.22. The molecular weight excluding hydrogens is 322 g/mol. The van der Waals surface area contributed by atoms with Crippen LogP contribution < -0.4 is 0 Å². The molecule has 0 bridgehead atoms. The fourth-order valence-corrected chi connectivity index (χ4v) is 2.36. The van der Waals surface area contributed by atoms with E-state index in [1.807, 2.05) is 30.5 Å². The molecule has 2 heterocycles. The van der Waals surface area contributed by atoms with Crippen LogP contribution in [-0.4, -0.2) is 25.7 Å². The number of nitrogens with zero attached hydrogens (tertiary/aromatic N) is 3. The van der Waals surface area contributed by atoms with E-state index in [-0.39, 0.29) is 6.42 Å². The Hall–Kier alpha value is -2.21. The Kier molecular flexibility index (Phi) is 3.23. The SMILES string of the molecule is O=C(O)Cc1ccc(-c2cnc3c(Br)cnn3c2)cc1. The summed E-state index contributed by atoms with van der Waals surface area (Å²) in [4.78, 5) is 15.0. The molecule has 0 saturated carbocycles. The fourth-order valence-electron chi connectivity index (χ4n) is 1.98. The van der Waals surface area contributed by atoms with Crippen molar-refractivity contribution < 1.29 is 9.90 Å². The Balaban J connectivity index is 1.95. The average molecular weight is 332 g/mol. The Morgan fingerprint density at radius 2 is 1.95 bits per heavy atom. The molecule has 2 aromatic heterocycles. The molecule has 100 valence electrons. The van der Waals surface area contributed by atoms with Gasteiger partial charge in [0.05, 0.1) is 17.1 Å². The van der Waals surface area contributed by atoms with Crippen LogP contribution in [0.5, 0.6) is 0 Å². The molecule has 0 amide bonds. The Bertz CT molecular complexity index is 781. The van der Waals surface area contributed by atoms with Crippen LogP contribution in [0.25, 0.3) is 16.8 Å². The summed E-state index contributed by atoms with van der Waals surface area (Å²) >= 11 is 3.38. The third-order valence-corrected chi connectivity index (χ3v) is 3.52. The summed E-state index contributed by atoms with van der Waals surface area (Å²) < 4.78 is 2.55. The lowest BCUT2D eigenvalue weighted by Crippen LogP contribution is -1.99. The van der Waals surface area contributed by atoms with Gasteiger partial charge in [0.1, 0.15) is 0 Å². The van der Waals surface area contributed by atoms with Crippen LogP contribution in [0.15, 0.2) is 47.3 Å². The van der Waals surface area contributed by atoms with Gasteiger partial charge in [0, 0.05) is 18.0 Å². The Morgan fingerprint density at radius 3 is 2.65 bits per heavy atom. The number of carbonyl (C=O) groups is 1. The number of carboxylic acids is 1. The van der Waals surface area contributed by atoms with Crippen molar-refractivity contribution in [3.05, 3.63) is 52.9 Å². The van der Waals surface area contributed by atoms with E-state index in [2.05, 4.69) is 26.0 Å². The summed E-state index contributed by atoms with van der Waals surface area (Å²) in [5, 5.41) is 12.9. The zero-order chi connectivity index (χ0) is 14.1. The van der Waals surface area contributed by atoms with E-state index >= 15 is 0 Å². The molecule has 0 aliphatic heterocycles. The zero-order valence-electron chi connectivity index (χ0n) is 10.3. The van der Waals surface area contributed by atoms with Crippen LogP contribution in [0, 0.1) is 0 Å². The number of hydrogen-bond donors (Lipinski definition) is 1. The molecule has 0 radical (unpaired) electrons.